The normalized spacial score (nSPS) is 17.1. The summed E-state index contributed by atoms with van der Waals surface area (Å²) in [7, 11) is 0. The van der Waals surface area contributed by atoms with Crippen LogP contribution in [0, 0.1) is 19.8 Å². The number of amides is 1. The number of carbonyl (C=O) groups is 1. The fraction of sp³-hybridized carbons (Fsp3) is 0.333. The lowest BCUT2D eigenvalue weighted by molar-refractivity contribution is -0.274. The lowest BCUT2D eigenvalue weighted by Crippen LogP contribution is -2.19. The van der Waals surface area contributed by atoms with Crippen molar-refractivity contribution in [3.63, 3.8) is 0 Å². The van der Waals surface area contributed by atoms with Gasteiger partial charge in [0.15, 0.2) is 10.6 Å². The van der Waals surface area contributed by atoms with E-state index in [1.807, 2.05) is 12.1 Å². The molecule has 0 N–H and O–H groups in total. The number of aromatic nitrogens is 4. The Kier molecular flexibility index (Phi) is 9.18. The number of hydrogen-bond acceptors (Lipinski definition) is 5. The Balaban J connectivity index is 1.09. The van der Waals surface area contributed by atoms with Gasteiger partial charge in [-0.2, -0.15) is 4.99 Å². The summed E-state index contributed by atoms with van der Waals surface area (Å²) < 4.78 is 44.9. The quantitative estimate of drug-likeness (QED) is 0.167. The van der Waals surface area contributed by atoms with Gasteiger partial charge in [-0.1, -0.05) is 50.2 Å². The Labute approximate surface area is 275 Å². The van der Waals surface area contributed by atoms with Crippen molar-refractivity contribution in [2.24, 2.45) is 10.9 Å². The number of thiazole rings is 1. The molecule has 6 rings (SSSR count). The van der Waals surface area contributed by atoms with Gasteiger partial charge in [-0.3, -0.25) is 9.36 Å². The first kappa shape index (κ1) is 32.4. The summed E-state index contributed by atoms with van der Waals surface area (Å²) in [6, 6.07) is 19.9. The maximum atomic E-state index is 13.2. The average Bonchev–Trinajstić information content (AvgIpc) is 3.77. The zero-order valence-corrected chi connectivity index (χ0v) is 27.5. The third-order valence-corrected chi connectivity index (χ3v) is 9.63. The van der Waals surface area contributed by atoms with E-state index in [0.29, 0.717) is 34.6 Å². The van der Waals surface area contributed by atoms with E-state index in [4.69, 9.17) is 0 Å². The number of carbonyl (C=O) groups excluding carboxylic acids is 1. The van der Waals surface area contributed by atoms with Crippen molar-refractivity contribution in [2.45, 2.75) is 71.6 Å². The van der Waals surface area contributed by atoms with E-state index >= 15 is 0 Å². The van der Waals surface area contributed by atoms with Gasteiger partial charge in [0.1, 0.15) is 12.1 Å². The van der Waals surface area contributed by atoms with Gasteiger partial charge in [0.25, 0.3) is 0 Å². The van der Waals surface area contributed by atoms with Gasteiger partial charge in [0, 0.05) is 23.1 Å². The molecule has 1 aliphatic carbocycles. The minimum absolute atomic E-state index is 0.0791. The van der Waals surface area contributed by atoms with Crippen molar-refractivity contribution in [1.82, 2.24) is 19.3 Å². The molecule has 0 spiro atoms. The predicted molar refractivity (Wildman–Crippen MR) is 176 cm³/mol. The van der Waals surface area contributed by atoms with Gasteiger partial charge >= 0.3 is 6.36 Å². The van der Waals surface area contributed by atoms with Crippen LogP contribution in [0.5, 0.6) is 5.75 Å². The molecule has 2 aromatic heterocycles. The van der Waals surface area contributed by atoms with E-state index < -0.39 is 6.36 Å². The van der Waals surface area contributed by atoms with Crippen LogP contribution < -0.4 is 9.54 Å². The lowest BCUT2D eigenvalue weighted by Gasteiger charge is -2.17. The average molecular weight is 660 g/mol. The van der Waals surface area contributed by atoms with Crippen molar-refractivity contribution < 1.29 is 22.7 Å². The van der Waals surface area contributed by atoms with Gasteiger partial charge in [-0.25, -0.2) is 9.67 Å². The highest BCUT2D eigenvalue weighted by atomic mass is 32.1. The van der Waals surface area contributed by atoms with E-state index in [2.05, 4.69) is 87.8 Å². The number of rotatable bonds is 8. The van der Waals surface area contributed by atoms with Gasteiger partial charge < -0.3 is 4.74 Å². The first-order valence-corrected chi connectivity index (χ1v) is 16.6. The summed E-state index contributed by atoms with van der Waals surface area (Å²) >= 11 is 1.50. The van der Waals surface area contributed by atoms with Crippen molar-refractivity contribution in [2.75, 3.05) is 0 Å². The number of nitrogens with zero attached hydrogens (tertiary/aromatic N) is 5. The molecule has 0 radical (unpaired) electrons. The smallest absolute Gasteiger partial charge is 0.406 e. The van der Waals surface area contributed by atoms with E-state index in [1.54, 1.807) is 0 Å². The Morgan fingerprint density at radius 3 is 2.49 bits per heavy atom. The minimum Gasteiger partial charge on any atom is -0.406 e. The summed E-state index contributed by atoms with van der Waals surface area (Å²) in [6.07, 6.45) is 0.133. The number of benzene rings is 3. The van der Waals surface area contributed by atoms with Crippen molar-refractivity contribution in [3.05, 3.63) is 106 Å². The third-order valence-electron chi connectivity index (χ3n) is 8.69. The maximum Gasteiger partial charge on any atom is 0.573 e. The molecule has 244 valence electrons. The molecule has 11 heteroatoms. The number of hydrogen-bond donors (Lipinski definition) is 0. The van der Waals surface area contributed by atoms with Gasteiger partial charge in [-0.15, -0.1) is 29.6 Å². The third kappa shape index (κ3) is 7.40. The van der Waals surface area contributed by atoms with Gasteiger partial charge in [-0.05, 0) is 97.9 Å². The molecule has 47 heavy (non-hydrogen) atoms. The topological polar surface area (TPSA) is 74.3 Å². The van der Waals surface area contributed by atoms with E-state index in [0.717, 1.165) is 36.2 Å². The van der Waals surface area contributed by atoms with Crippen LogP contribution in [0.3, 0.4) is 0 Å². The molecule has 0 bridgehead atoms. The first-order valence-electron chi connectivity index (χ1n) is 15.7. The molecule has 5 aromatic rings. The predicted octanol–water partition coefficient (Wildman–Crippen LogP) is 8.83. The SMILES string of the molecule is Cc1cccc(-n2c(C)csc2=NC(=O)CC2CCC(c3ccc(-c4ncn(-c5ccc(OC(F)(F)F)cc5)n4)cc3)C2)c1C(C)C. The molecule has 1 saturated carbocycles. The van der Waals surface area contributed by atoms with Crippen LogP contribution in [-0.2, 0) is 4.79 Å². The second-order valence-corrected chi connectivity index (χ2v) is 13.3. The first-order chi connectivity index (χ1) is 22.4. The van der Waals surface area contributed by atoms with Gasteiger partial charge in [0.2, 0.25) is 5.91 Å². The molecule has 1 amide bonds. The highest BCUT2D eigenvalue weighted by Crippen LogP contribution is 2.40. The molecule has 1 fully saturated rings. The Morgan fingerprint density at radius 1 is 1.04 bits per heavy atom. The highest BCUT2D eigenvalue weighted by molar-refractivity contribution is 7.07. The Morgan fingerprint density at radius 2 is 1.79 bits per heavy atom. The minimum atomic E-state index is -4.74. The zero-order valence-electron chi connectivity index (χ0n) is 26.7. The zero-order chi connectivity index (χ0) is 33.3. The molecular weight excluding hydrogens is 623 g/mol. The van der Waals surface area contributed by atoms with Crippen LogP contribution in [0.25, 0.3) is 22.8 Å². The second-order valence-electron chi connectivity index (χ2n) is 12.4. The summed E-state index contributed by atoms with van der Waals surface area (Å²) in [6.45, 7) is 8.57. The van der Waals surface area contributed by atoms with Crippen LogP contribution in [0.2, 0.25) is 0 Å². The summed E-state index contributed by atoms with van der Waals surface area (Å²) in [5, 5.41) is 6.56. The Hall–Kier alpha value is -4.51. The van der Waals surface area contributed by atoms with Crippen molar-refractivity contribution >= 4 is 17.2 Å². The van der Waals surface area contributed by atoms with Crippen LogP contribution in [0.15, 0.2) is 83.4 Å². The molecule has 2 heterocycles. The molecule has 3 aromatic carbocycles. The molecule has 2 atom stereocenters. The number of halogens is 3. The second kappa shape index (κ2) is 13.3. The van der Waals surface area contributed by atoms with E-state index in [-0.39, 0.29) is 17.6 Å². The monoisotopic (exact) mass is 659 g/mol. The van der Waals surface area contributed by atoms with Crippen LogP contribution in [-0.4, -0.2) is 31.6 Å². The molecule has 0 saturated heterocycles. The van der Waals surface area contributed by atoms with Crippen LogP contribution in [0.4, 0.5) is 13.2 Å². The largest absolute Gasteiger partial charge is 0.573 e. The molecule has 7 nitrogen and oxygen atoms in total. The van der Waals surface area contributed by atoms with Crippen LogP contribution >= 0.6 is 11.3 Å². The summed E-state index contributed by atoms with van der Waals surface area (Å²) in [5.74, 6) is 1.12. The summed E-state index contributed by atoms with van der Waals surface area (Å²) in [5.41, 5.74) is 7.27. The maximum absolute atomic E-state index is 13.2. The van der Waals surface area contributed by atoms with Crippen molar-refractivity contribution in [3.8, 4) is 28.5 Å². The van der Waals surface area contributed by atoms with E-state index in [1.165, 1.54) is 63.3 Å². The van der Waals surface area contributed by atoms with Gasteiger partial charge in [0.05, 0.1) is 11.4 Å². The molecular formula is C36H36F3N5O2S. The molecule has 0 aliphatic heterocycles. The van der Waals surface area contributed by atoms with Crippen LogP contribution in [0.1, 0.15) is 73.8 Å². The fourth-order valence-electron chi connectivity index (χ4n) is 6.56. The summed E-state index contributed by atoms with van der Waals surface area (Å²) in [4.78, 5) is 22.9. The lowest BCUT2D eigenvalue weighted by atomic mass is 9.94. The number of aryl methyl sites for hydroxylation is 2. The fourth-order valence-corrected chi connectivity index (χ4v) is 7.45. The molecule has 2 unspecified atom stereocenters. The van der Waals surface area contributed by atoms with Crippen molar-refractivity contribution in [1.29, 1.82) is 0 Å². The number of ether oxygens (including phenoxy) is 1. The molecule has 1 aliphatic rings. The number of alkyl halides is 3. The van der Waals surface area contributed by atoms with E-state index in [9.17, 15) is 18.0 Å². The highest BCUT2D eigenvalue weighted by Gasteiger charge is 2.31. The standard InChI is InChI=1S/C36H36F3N5O2S/c1-22(2)33-23(3)6-5-7-31(33)44-24(4)20-47-35(44)41-32(45)19-25-8-9-28(18-25)26-10-12-27(13-11-26)34-40-21-43(42-34)29-14-16-30(17-15-29)46-36(37,38)39/h5-7,10-17,20-22,25,28H,8-9,18-19H2,1-4H3. The Bertz CT molecular complexity index is 1940.